The zero-order valence-corrected chi connectivity index (χ0v) is 8.54. The topological polar surface area (TPSA) is 60.2 Å². The summed E-state index contributed by atoms with van der Waals surface area (Å²) < 4.78 is 21.2. The van der Waals surface area contributed by atoms with Crippen LogP contribution in [0.2, 0.25) is 0 Å². The Balaban J connectivity index is 0. The summed E-state index contributed by atoms with van der Waals surface area (Å²) in [6, 6.07) is 0. The lowest BCUT2D eigenvalue weighted by molar-refractivity contribution is 0.573. The van der Waals surface area contributed by atoms with Gasteiger partial charge in [0.1, 0.15) is 0 Å². The van der Waals surface area contributed by atoms with Crippen molar-refractivity contribution in [2.45, 2.75) is 38.4 Å². The number of halogens is 1. The van der Waals surface area contributed by atoms with Crippen LogP contribution in [0.5, 0.6) is 0 Å². The van der Waals surface area contributed by atoms with Crippen molar-refractivity contribution in [2.24, 2.45) is 5.14 Å². The number of sulfonamides is 1. The van der Waals surface area contributed by atoms with Gasteiger partial charge in [-0.05, 0) is 13.3 Å². The lowest BCUT2D eigenvalue weighted by Crippen LogP contribution is -2.25. The summed E-state index contributed by atoms with van der Waals surface area (Å²) >= 11 is 0. The molecule has 0 heterocycles. The fraction of sp³-hybridized carbons (Fsp3) is 1.00. The van der Waals surface area contributed by atoms with Crippen LogP contribution >= 0.6 is 12.4 Å². The normalized spacial score (nSPS) is 13.7. The van der Waals surface area contributed by atoms with E-state index in [-0.39, 0.29) is 17.7 Å². The smallest absolute Gasteiger partial charge is 0.211 e. The molecule has 0 aliphatic rings. The van der Waals surface area contributed by atoms with Crippen molar-refractivity contribution in [3.8, 4) is 0 Å². The van der Waals surface area contributed by atoms with Gasteiger partial charge >= 0.3 is 0 Å². The van der Waals surface area contributed by atoms with Gasteiger partial charge in [0.15, 0.2) is 0 Å². The SMILES string of the molecule is CCCCC(C)S(N)(=O)=O.Cl. The van der Waals surface area contributed by atoms with Crippen molar-refractivity contribution in [1.82, 2.24) is 0 Å². The van der Waals surface area contributed by atoms with E-state index in [9.17, 15) is 8.42 Å². The Morgan fingerprint density at radius 3 is 2.18 bits per heavy atom. The van der Waals surface area contributed by atoms with Crippen LogP contribution in [0.1, 0.15) is 33.1 Å². The van der Waals surface area contributed by atoms with Crippen molar-refractivity contribution in [3.05, 3.63) is 0 Å². The quantitative estimate of drug-likeness (QED) is 0.745. The summed E-state index contributed by atoms with van der Waals surface area (Å²) in [6.07, 6.45) is 2.62. The molecule has 0 aromatic carbocycles. The molecule has 0 amide bonds. The molecule has 0 aromatic heterocycles. The second-order valence-electron chi connectivity index (χ2n) is 2.54. The Morgan fingerprint density at radius 2 is 1.91 bits per heavy atom. The monoisotopic (exact) mass is 201 g/mol. The van der Waals surface area contributed by atoms with Crippen molar-refractivity contribution in [2.75, 3.05) is 0 Å². The van der Waals surface area contributed by atoms with Gasteiger partial charge in [-0.2, -0.15) is 0 Å². The lowest BCUT2D eigenvalue weighted by atomic mass is 10.2. The Labute approximate surface area is 74.8 Å². The minimum absolute atomic E-state index is 0. The Bertz CT molecular complexity index is 179. The molecule has 3 nitrogen and oxygen atoms in total. The first kappa shape index (κ1) is 13.8. The van der Waals surface area contributed by atoms with Crippen molar-refractivity contribution >= 4 is 22.4 Å². The molecule has 0 fully saturated rings. The van der Waals surface area contributed by atoms with Gasteiger partial charge in [-0.15, -0.1) is 12.4 Å². The number of unbranched alkanes of at least 4 members (excludes halogenated alkanes) is 1. The zero-order valence-electron chi connectivity index (χ0n) is 6.91. The maximum absolute atomic E-state index is 10.6. The van der Waals surface area contributed by atoms with Crippen LogP contribution in [-0.2, 0) is 10.0 Å². The molecular formula is C6H16ClNO2S. The highest BCUT2D eigenvalue weighted by Gasteiger charge is 2.13. The first-order chi connectivity index (χ1) is 4.48. The van der Waals surface area contributed by atoms with E-state index in [1.54, 1.807) is 6.92 Å². The van der Waals surface area contributed by atoms with Crippen LogP contribution in [-0.4, -0.2) is 13.7 Å². The standard InChI is InChI=1S/C6H15NO2S.ClH/c1-3-4-5-6(2)10(7,8)9;/h6H,3-5H2,1-2H3,(H2,7,8,9);1H. The Morgan fingerprint density at radius 1 is 1.45 bits per heavy atom. The molecule has 0 saturated carbocycles. The van der Waals surface area contributed by atoms with E-state index in [1.807, 2.05) is 6.92 Å². The third kappa shape index (κ3) is 6.59. The van der Waals surface area contributed by atoms with E-state index in [1.165, 1.54) is 0 Å². The summed E-state index contributed by atoms with van der Waals surface area (Å²) in [7, 11) is -3.28. The van der Waals surface area contributed by atoms with E-state index in [0.717, 1.165) is 12.8 Å². The van der Waals surface area contributed by atoms with Gasteiger partial charge in [-0.1, -0.05) is 19.8 Å². The minimum Gasteiger partial charge on any atom is -0.228 e. The molecule has 11 heavy (non-hydrogen) atoms. The molecule has 0 radical (unpaired) electrons. The zero-order chi connectivity index (χ0) is 8.20. The van der Waals surface area contributed by atoms with E-state index >= 15 is 0 Å². The first-order valence-electron chi connectivity index (χ1n) is 3.50. The van der Waals surface area contributed by atoms with Crippen LogP contribution in [0.4, 0.5) is 0 Å². The van der Waals surface area contributed by atoms with Crippen LogP contribution < -0.4 is 5.14 Å². The van der Waals surface area contributed by atoms with E-state index in [4.69, 9.17) is 5.14 Å². The minimum atomic E-state index is -3.28. The maximum atomic E-state index is 10.6. The van der Waals surface area contributed by atoms with Gasteiger partial charge in [0.2, 0.25) is 10.0 Å². The summed E-state index contributed by atoms with van der Waals surface area (Å²) in [4.78, 5) is 0. The number of hydrogen-bond acceptors (Lipinski definition) is 2. The summed E-state index contributed by atoms with van der Waals surface area (Å²) in [6.45, 7) is 3.67. The van der Waals surface area contributed by atoms with Gasteiger partial charge in [0.05, 0.1) is 5.25 Å². The molecule has 0 rings (SSSR count). The summed E-state index contributed by atoms with van der Waals surface area (Å²) in [5, 5.41) is 4.51. The molecule has 0 aliphatic carbocycles. The van der Waals surface area contributed by atoms with Gasteiger partial charge in [0.25, 0.3) is 0 Å². The first-order valence-corrected chi connectivity index (χ1v) is 5.11. The van der Waals surface area contributed by atoms with Crippen molar-refractivity contribution in [1.29, 1.82) is 0 Å². The summed E-state index contributed by atoms with van der Waals surface area (Å²) in [5.41, 5.74) is 0. The van der Waals surface area contributed by atoms with E-state index in [2.05, 4.69) is 0 Å². The average Bonchev–Trinajstić information content (AvgIpc) is 1.80. The predicted octanol–water partition coefficient (Wildman–Crippen LogP) is 1.28. The maximum Gasteiger partial charge on any atom is 0.211 e. The molecule has 0 spiro atoms. The highest BCUT2D eigenvalue weighted by Crippen LogP contribution is 2.05. The molecule has 0 bridgehead atoms. The van der Waals surface area contributed by atoms with Crippen LogP contribution in [0.15, 0.2) is 0 Å². The van der Waals surface area contributed by atoms with Gasteiger partial charge < -0.3 is 0 Å². The molecule has 0 aromatic rings. The van der Waals surface area contributed by atoms with Gasteiger partial charge in [-0.3, -0.25) is 0 Å². The largest absolute Gasteiger partial charge is 0.228 e. The molecular weight excluding hydrogens is 186 g/mol. The molecule has 70 valence electrons. The van der Waals surface area contributed by atoms with Crippen LogP contribution in [0, 0.1) is 0 Å². The van der Waals surface area contributed by atoms with Gasteiger partial charge in [-0.25, -0.2) is 13.6 Å². The summed E-state index contributed by atoms with van der Waals surface area (Å²) in [5.74, 6) is 0. The van der Waals surface area contributed by atoms with Crippen molar-refractivity contribution < 1.29 is 8.42 Å². The second-order valence-corrected chi connectivity index (χ2v) is 4.52. The fourth-order valence-electron chi connectivity index (χ4n) is 0.656. The van der Waals surface area contributed by atoms with Gasteiger partial charge in [0, 0.05) is 0 Å². The number of primary sulfonamides is 1. The third-order valence-electron chi connectivity index (χ3n) is 1.53. The van der Waals surface area contributed by atoms with E-state index in [0.29, 0.717) is 6.42 Å². The third-order valence-corrected chi connectivity index (χ3v) is 2.88. The fourth-order valence-corrected chi connectivity index (χ4v) is 1.15. The molecule has 0 saturated heterocycles. The Kier molecular flexibility index (Phi) is 7.26. The molecule has 1 atom stereocenters. The molecule has 5 heteroatoms. The van der Waals surface area contributed by atoms with Crippen LogP contribution in [0.25, 0.3) is 0 Å². The van der Waals surface area contributed by atoms with Crippen molar-refractivity contribution in [3.63, 3.8) is 0 Å². The van der Waals surface area contributed by atoms with E-state index < -0.39 is 10.0 Å². The number of rotatable bonds is 4. The second kappa shape index (κ2) is 5.80. The molecule has 1 unspecified atom stereocenters. The molecule has 0 aliphatic heterocycles. The molecule has 2 N–H and O–H groups in total. The number of nitrogens with two attached hydrogens (primary N) is 1. The highest BCUT2D eigenvalue weighted by molar-refractivity contribution is 7.89. The van der Waals surface area contributed by atoms with Crippen LogP contribution in [0.3, 0.4) is 0 Å². The average molecular weight is 202 g/mol. The number of hydrogen-bond donors (Lipinski definition) is 1. The predicted molar refractivity (Wildman–Crippen MR) is 49.3 cm³/mol. The highest BCUT2D eigenvalue weighted by atomic mass is 35.5. The Hall–Kier alpha value is 0.200. The lowest BCUT2D eigenvalue weighted by Gasteiger charge is -2.06.